The van der Waals surface area contributed by atoms with Crippen LogP contribution in [0.1, 0.15) is 12.8 Å². The van der Waals surface area contributed by atoms with Gasteiger partial charge in [0.15, 0.2) is 11.6 Å². The van der Waals surface area contributed by atoms with Crippen molar-refractivity contribution >= 4 is 5.82 Å². The van der Waals surface area contributed by atoms with Gasteiger partial charge in [0.1, 0.15) is 0 Å². The van der Waals surface area contributed by atoms with Crippen LogP contribution in [-0.2, 0) is 0 Å². The van der Waals surface area contributed by atoms with E-state index in [4.69, 9.17) is 9.47 Å². The van der Waals surface area contributed by atoms with Gasteiger partial charge in [-0.3, -0.25) is 0 Å². The Hall–Kier alpha value is -1.45. The maximum Gasteiger partial charge on any atom is 0.203 e. The lowest BCUT2D eigenvalue weighted by atomic mass is 10.3. The zero-order valence-corrected chi connectivity index (χ0v) is 9.36. The summed E-state index contributed by atoms with van der Waals surface area (Å²) in [5, 5.41) is 0. The molecular weight excluding hydrogens is 192 g/mol. The minimum Gasteiger partial charge on any atom is -0.490 e. The third kappa shape index (κ3) is 2.14. The van der Waals surface area contributed by atoms with Gasteiger partial charge in [-0.05, 0) is 12.8 Å². The lowest BCUT2D eigenvalue weighted by Crippen LogP contribution is -2.13. The fourth-order valence-corrected chi connectivity index (χ4v) is 1.39. The normalized spacial score (nSPS) is 14.9. The highest BCUT2D eigenvalue weighted by Gasteiger charge is 2.26. The van der Waals surface area contributed by atoms with Crippen molar-refractivity contribution in [1.82, 2.24) is 4.98 Å². The summed E-state index contributed by atoms with van der Waals surface area (Å²) < 4.78 is 11.1. The van der Waals surface area contributed by atoms with Crippen molar-refractivity contribution in [2.24, 2.45) is 0 Å². The molecule has 1 fully saturated rings. The zero-order valence-electron chi connectivity index (χ0n) is 9.36. The molecule has 1 aliphatic carbocycles. The molecule has 1 aliphatic rings. The lowest BCUT2D eigenvalue weighted by molar-refractivity contribution is 0.282. The number of pyridine rings is 1. The third-order valence-corrected chi connectivity index (χ3v) is 2.30. The molecule has 0 N–H and O–H groups in total. The quantitative estimate of drug-likeness (QED) is 0.754. The van der Waals surface area contributed by atoms with E-state index < -0.39 is 0 Å². The van der Waals surface area contributed by atoms with E-state index in [2.05, 4.69) is 4.98 Å². The molecule has 1 aromatic heterocycles. The van der Waals surface area contributed by atoms with Crippen LogP contribution in [0.15, 0.2) is 12.3 Å². The van der Waals surface area contributed by atoms with Crippen molar-refractivity contribution in [1.29, 1.82) is 0 Å². The summed E-state index contributed by atoms with van der Waals surface area (Å²) >= 11 is 0. The molecule has 15 heavy (non-hydrogen) atoms. The molecule has 4 nitrogen and oxygen atoms in total. The molecule has 0 atom stereocenters. The smallest absolute Gasteiger partial charge is 0.203 e. The molecule has 1 heterocycles. The number of hydrogen-bond donors (Lipinski definition) is 0. The van der Waals surface area contributed by atoms with Crippen LogP contribution in [0.5, 0.6) is 11.5 Å². The van der Waals surface area contributed by atoms with E-state index in [9.17, 15) is 0 Å². The Labute approximate surface area is 89.8 Å². The molecule has 4 heteroatoms. The Kier molecular flexibility index (Phi) is 2.66. The summed E-state index contributed by atoms with van der Waals surface area (Å²) in [6.45, 7) is 0. The SMILES string of the molecule is COc1c(OC2CC2)ccnc1N(C)C. The Balaban J connectivity index is 2.30. The van der Waals surface area contributed by atoms with Crippen molar-refractivity contribution in [3.63, 3.8) is 0 Å². The molecule has 0 unspecified atom stereocenters. The molecule has 0 radical (unpaired) electrons. The van der Waals surface area contributed by atoms with E-state index in [-0.39, 0.29) is 0 Å². The van der Waals surface area contributed by atoms with Crippen LogP contribution in [0.3, 0.4) is 0 Å². The van der Waals surface area contributed by atoms with Crippen LogP contribution in [0, 0.1) is 0 Å². The van der Waals surface area contributed by atoms with Gasteiger partial charge >= 0.3 is 0 Å². The van der Waals surface area contributed by atoms with Gasteiger partial charge in [0.2, 0.25) is 5.75 Å². The number of ether oxygens (including phenoxy) is 2. The maximum absolute atomic E-state index is 5.75. The first-order valence-corrected chi connectivity index (χ1v) is 5.09. The summed E-state index contributed by atoms with van der Waals surface area (Å²) in [5.41, 5.74) is 0. The van der Waals surface area contributed by atoms with E-state index >= 15 is 0 Å². The zero-order chi connectivity index (χ0) is 10.8. The summed E-state index contributed by atoms with van der Waals surface area (Å²) in [4.78, 5) is 6.17. The predicted octanol–water partition coefficient (Wildman–Crippen LogP) is 1.70. The number of aromatic nitrogens is 1. The molecule has 1 saturated carbocycles. The van der Waals surface area contributed by atoms with E-state index in [1.165, 1.54) is 0 Å². The molecule has 0 amide bonds. The molecule has 0 spiro atoms. The van der Waals surface area contributed by atoms with Crippen LogP contribution in [0.4, 0.5) is 5.82 Å². The molecular formula is C11H16N2O2. The van der Waals surface area contributed by atoms with Crippen molar-refractivity contribution in [2.75, 3.05) is 26.1 Å². The molecule has 0 saturated heterocycles. The highest BCUT2D eigenvalue weighted by molar-refractivity contribution is 5.58. The van der Waals surface area contributed by atoms with Gasteiger partial charge in [0.05, 0.1) is 13.2 Å². The van der Waals surface area contributed by atoms with E-state index in [0.717, 1.165) is 30.2 Å². The lowest BCUT2D eigenvalue weighted by Gasteiger charge is -2.17. The largest absolute Gasteiger partial charge is 0.490 e. The Morgan fingerprint density at radius 1 is 1.40 bits per heavy atom. The maximum atomic E-state index is 5.75. The van der Waals surface area contributed by atoms with Gasteiger partial charge in [-0.2, -0.15) is 0 Å². The molecule has 0 aromatic carbocycles. The van der Waals surface area contributed by atoms with Gasteiger partial charge < -0.3 is 14.4 Å². The number of methoxy groups -OCH3 is 1. The van der Waals surface area contributed by atoms with Crippen LogP contribution >= 0.6 is 0 Å². The highest BCUT2D eigenvalue weighted by Crippen LogP contribution is 2.38. The first kappa shape index (κ1) is 10.1. The fraction of sp³-hybridized carbons (Fsp3) is 0.545. The molecule has 0 aliphatic heterocycles. The fourth-order valence-electron chi connectivity index (χ4n) is 1.39. The summed E-state index contributed by atoms with van der Waals surface area (Å²) in [7, 11) is 5.52. The summed E-state index contributed by atoms with van der Waals surface area (Å²) in [5.74, 6) is 2.31. The Morgan fingerprint density at radius 2 is 2.13 bits per heavy atom. The van der Waals surface area contributed by atoms with Crippen molar-refractivity contribution in [3.05, 3.63) is 12.3 Å². The van der Waals surface area contributed by atoms with Gasteiger partial charge in [-0.1, -0.05) is 0 Å². The van der Waals surface area contributed by atoms with E-state index in [0.29, 0.717) is 6.10 Å². The monoisotopic (exact) mass is 208 g/mol. The highest BCUT2D eigenvalue weighted by atomic mass is 16.5. The van der Waals surface area contributed by atoms with Gasteiger partial charge in [0, 0.05) is 26.4 Å². The van der Waals surface area contributed by atoms with Gasteiger partial charge in [0.25, 0.3) is 0 Å². The summed E-state index contributed by atoms with van der Waals surface area (Å²) in [6, 6.07) is 1.85. The van der Waals surface area contributed by atoms with E-state index in [1.54, 1.807) is 13.3 Å². The van der Waals surface area contributed by atoms with Gasteiger partial charge in [-0.15, -0.1) is 0 Å². The topological polar surface area (TPSA) is 34.6 Å². The number of rotatable bonds is 4. The minimum atomic E-state index is 0.372. The predicted molar refractivity (Wildman–Crippen MR) is 58.8 cm³/mol. The van der Waals surface area contributed by atoms with Crippen LogP contribution in [0.2, 0.25) is 0 Å². The third-order valence-electron chi connectivity index (χ3n) is 2.30. The van der Waals surface area contributed by atoms with Crippen molar-refractivity contribution in [2.45, 2.75) is 18.9 Å². The second kappa shape index (κ2) is 3.96. The van der Waals surface area contributed by atoms with Crippen LogP contribution < -0.4 is 14.4 Å². The molecule has 2 rings (SSSR count). The van der Waals surface area contributed by atoms with Crippen LogP contribution in [0.25, 0.3) is 0 Å². The van der Waals surface area contributed by atoms with Crippen molar-refractivity contribution in [3.8, 4) is 11.5 Å². The van der Waals surface area contributed by atoms with Crippen molar-refractivity contribution < 1.29 is 9.47 Å². The first-order chi connectivity index (χ1) is 7.22. The summed E-state index contributed by atoms with van der Waals surface area (Å²) in [6.07, 6.45) is 4.40. The second-order valence-corrected chi connectivity index (χ2v) is 3.88. The van der Waals surface area contributed by atoms with Crippen LogP contribution in [-0.4, -0.2) is 32.3 Å². The minimum absolute atomic E-state index is 0.372. The van der Waals surface area contributed by atoms with Gasteiger partial charge in [-0.25, -0.2) is 4.98 Å². The molecule has 1 aromatic rings. The standard InChI is InChI=1S/C11H16N2O2/c1-13(2)11-10(14-3)9(6-7-12-11)15-8-4-5-8/h6-8H,4-5H2,1-3H3. The van der Waals surface area contributed by atoms with E-state index in [1.807, 2.05) is 25.1 Å². The second-order valence-electron chi connectivity index (χ2n) is 3.88. The number of nitrogens with zero attached hydrogens (tertiary/aromatic N) is 2. The number of hydrogen-bond acceptors (Lipinski definition) is 4. The Bertz CT molecular complexity index is 348. The average molecular weight is 208 g/mol. The molecule has 82 valence electrons. The number of anilines is 1. The Morgan fingerprint density at radius 3 is 2.67 bits per heavy atom. The molecule has 0 bridgehead atoms. The average Bonchev–Trinajstić information content (AvgIpc) is 3.01. The first-order valence-electron chi connectivity index (χ1n) is 5.09.